The minimum absolute atomic E-state index is 0.161. The molecule has 1 heterocycles. The molecular formula is C32H42N2O9. The van der Waals surface area contributed by atoms with Crippen molar-refractivity contribution in [3.05, 3.63) is 29.8 Å². The maximum atomic E-state index is 14.0. The van der Waals surface area contributed by atoms with Crippen molar-refractivity contribution in [3.8, 4) is 0 Å². The Bertz CT molecular complexity index is 1370. The Morgan fingerprint density at radius 3 is 2.40 bits per heavy atom. The van der Waals surface area contributed by atoms with E-state index in [1.165, 1.54) is 13.8 Å². The quantitative estimate of drug-likeness (QED) is 0.417. The van der Waals surface area contributed by atoms with Crippen LogP contribution in [0.2, 0.25) is 0 Å². The van der Waals surface area contributed by atoms with Crippen molar-refractivity contribution in [2.75, 3.05) is 33.2 Å². The zero-order chi connectivity index (χ0) is 30.7. The smallest absolute Gasteiger partial charge is 0.340 e. The van der Waals surface area contributed by atoms with Gasteiger partial charge in [0.2, 0.25) is 11.8 Å². The molecule has 3 N–H and O–H groups in total. The van der Waals surface area contributed by atoms with Crippen LogP contribution in [0.5, 0.6) is 0 Å². The Labute approximate surface area is 251 Å². The number of hydrogen-bond acceptors (Lipinski definition) is 9. The lowest BCUT2D eigenvalue weighted by molar-refractivity contribution is -0.335. The van der Waals surface area contributed by atoms with Gasteiger partial charge < -0.3 is 39.4 Å². The lowest BCUT2D eigenvalue weighted by Gasteiger charge is -2.70. The second kappa shape index (κ2) is 9.47. The Hall–Kier alpha value is -2.57. The predicted molar refractivity (Wildman–Crippen MR) is 152 cm³/mol. The number of rotatable bonds is 6. The third-order valence-electron chi connectivity index (χ3n) is 12.5. The highest BCUT2D eigenvalue weighted by Gasteiger charge is 2.89. The van der Waals surface area contributed by atoms with Crippen LogP contribution in [-0.2, 0) is 28.5 Å². The van der Waals surface area contributed by atoms with Crippen LogP contribution in [-0.4, -0.2) is 102 Å². The van der Waals surface area contributed by atoms with Gasteiger partial charge in [-0.25, -0.2) is 4.79 Å². The van der Waals surface area contributed by atoms with Gasteiger partial charge in [-0.3, -0.25) is 9.59 Å². The van der Waals surface area contributed by atoms with E-state index in [1.54, 1.807) is 50.5 Å². The molecule has 12 atom stereocenters. The van der Waals surface area contributed by atoms with Crippen molar-refractivity contribution >= 4 is 23.5 Å². The van der Waals surface area contributed by atoms with Crippen LogP contribution < -0.4 is 5.32 Å². The highest BCUT2D eigenvalue weighted by atomic mass is 16.6. The molecule has 234 valence electrons. The summed E-state index contributed by atoms with van der Waals surface area (Å²) in [6, 6.07) is 6.31. The summed E-state index contributed by atoms with van der Waals surface area (Å²) in [4.78, 5) is 41.3. The minimum Gasteiger partial charge on any atom is -0.453 e. The van der Waals surface area contributed by atoms with Crippen molar-refractivity contribution in [1.82, 2.24) is 4.90 Å². The average Bonchev–Trinajstić information content (AvgIpc) is 3.38. The molecule has 1 aliphatic heterocycles. The number of piperidine rings is 1. The van der Waals surface area contributed by atoms with Crippen LogP contribution in [0, 0.1) is 29.1 Å². The number of aliphatic hydroxyl groups is 2. The number of benzene rings is 1. The van der Waals surface area contributed by atoms with Gasteiger partial charge in [-0.2, -0.15) is 0 Å². The number of amides is 2. The van der Waals surface area contributed by atoms with Crippen LogP contribution >= 0.6 is 0 Å². The van der Waals surface area contributed by atoms with E-state index in [0.717, 1.165) is 0 Å². The van der Waals surface area contributed by atoms with Gasteiger partial charge in [0, 0.05) is 76.7 Å². The van der Waals surface area contributed by atoms with E-state index < -0.39 is 52.2 Å². The molecular weight excluding hydrogens is 556 g/mol. The fourth-order valence-electron chi connectivity index (χ4n) is 11.5. The SMILES string of the molecule is CO[C@H]1C[C@]2(O)[C@H]3C[C@@H]4[C@@]5(OC(=O)c6ccccc6NC(C)=O)CC[C@H](OC)[C@@]4([C@@H]3N(C(C)=O)C5)[C@@H]3C[C@H]1[C@H](OC)[C@@]32O. The Morgan fingerprint density at radius 2 is 1.74 bits per heavy atom. The molecule has 11 nitrogen and oxygen atoms in total. The van der Waals surface area contributed by atoms with Crippen molar-refractivity contribution in [2.24, 2.45) is 29.1 Å². The van der Waals surface area contributed by atoms with Crippen LogP contribution in [0.25, 0.3) is 0 Å². The second-order valence-corrected chi connectivity index (χ2v) is 13.8. The lowest BCUT2D eigenvalue weighted by Crippen LogP contribution is -2.83. The third-order valence-corrected chi connectivity index (χ3v) is 12.5. The molecule has 11 heteroatoms. The number of para-hydroxylation sites is 1. The number of likely N-dealkylation sites (tertiary alicyclic amines) is 1. The Balaban J connectivity index is 1.40. The molecule has 6 fully saturated rings. The zero-order valence-corrected chi connectivity index (χ0v) is 25.4. The molecule has 5 saturated carbocycles. The lowest BCUT2D eigenvalue weighted by atomic mass is 9.44. The highest BCUT2D eigenvalue weighted by molar-refractivity contribution is 6.00. The number of hydrogen-bond donors (Lipinski definition) is 3. The number of esters is 1. The van der Waals surface area contributed by atoms with Crippen LogP contribution in [0.15, 0.2) is 24.3 Å². The van der Waals surface area contributed by atoms with Crippen molar-refractivity contribution in [1.29, 1.82) is 0 Å². The fourth-order valence-corrected chi connectivity index (χ4v) is 11.5. The maximum absolute atomic E-state index is 14.0. The molecule has 0 aromatic heterocycles. The molecule has 6 aliphatic rings. The summed E-state index contributed by atoms with van der Waals surface area (Å²) in [5, 5.41) is 28.3. The first-order chi connectivity index (χ1) is 20.4. The Morgan fingerprint density at radius 1 is 1.00 bits per heavy atom. The minimum atomic E-state index is -1.60. The van der Waals surface area contributed by atoms with Crippen molar-refractivity contribution in [3.63, 3.8) is 0 Å². The van der Waals surface area contributed by atoms with E-state index in [2.05, 4.69) is 5.32 Å². The van der Waals surface area contributed by atoms with E-state index in [-0.39, 0.29) is 54.4 Å². The van der Waals surface area contributed by atoms with Crippen LogP contribution in [0.1, 0.15) is 56.3 Å². The van der Waals surface area contributed by atoms with Gasteiger partial charge in [0.15, 0.2) is 0 Å². The molecule has 5 aliphatic carbocycles. The monoisotopic (exact) mass is 598 g/mol. The second-order valence-electron chi connectivity index (χ2n) is 13.8. The van der Waals surface area contributed by atoms with Crippen LogP contribution in [0.3, 0.4) is 0 Å². The predicted octanol–water partition coefficient (Wildman–Crippen LogP) is 1.75. The Kier molecular flexibility index (Phi) is 6.42. The zero-order valence-electron chi connectivity index (χ0n) is 25.4. The molecule has 7 bridgehead atoms. The summed E-state index contributed by atoms with van der Waals surface area (Å²) in [5.74, 6) is -2.53. The standard InChI is InChI=1S/C32H42N2O9/c1-16(35)33-21-9-7-6-8-18(21)28(37)43-29-11-10-25(41-4)31-23(29)13-20(26(31)34(15-29)17(2)36)30(38)14-22(40-3)19-12-24(31)32(30,39)27(19)42-5/h6-9,19-20,22-27,38-39H,10-15H2,1-5H3,(H,33,35)/t19-,20+,22+,23-,24+,25+,26-,27+,29-,30+,31+,32+/m1/s1. The molecule has 1 spiro atoms. The first-order valence-corrected chi connectivity index (χ1v) is 15.3. The summed E-state index contributed by atoms with van der Waals surface area (Å²) in [7, 11) is 4.87. The number of nitrogens with one attached hydrogen (secondary N) is 1. The molecule has 1 aromatic rings. The summed E-state index contributed by atoms with van der Waals surface area (Å²) >= 11 is 0. The van der Waals surface area contributed by atoms with Gasteiger partial charge in [-0.05, 0) is 37.8 Å². The van der Waals surface area contributed by atoms with Crippen molar-refractivity contribution in [2.45, 2.75) is 87.1 Å². The molecule has 2 amide bonds. The number of fused-ring (bicyclic) bond motifs is 2. The number of anilines is 1. The van der Waals surface area contributed by atoms with E-state index >= 15 is 0 Å². The van der Waals surface area contributed by atoms with E-state index in [1.807, 2.05) is 0 Å². The number of carbonyl (C=O) groups is 3. The molecule has 0 unspecified atom stereocenters. The van der Waals surface area contributed by atoms with Gasteiger partial charge in [-0.1, -0.05) is 12.1 Å². The largest absolute Gasteiger partial charge is 0.453 e. The van der Waals surface area contributed by atoms with Crippen LogP contribution in [0.4, 0.5) is 5.69 Å². The van der Waals surface area contributed by atoms with Gasteiger partial charge in [0.1, 0.15) is 16.8 Å². The normalized spacial score (nSPS) is 46.8. The van der Waals surface area contributed by atoms with Gasteiger partial charge >= 0.3 is 5.97 Å². The van der Waals surface area contributed by atoms with E-state index in [4.69, 9.17) is 18.9 Å². The molecule has 1 saturated heterocycles. The first-order valence-electron chi connectivity index (χ1n) is 15.3. The topological polar surface area (TPSA) is 144 Å². The summed E-state index contributed by atoms with van der Waals surface area (Å²) in [5.41, 5.74) is -4.50. The number of nitrogens with zero attached hydrogens (tertiary/aromatic N) is 1. The van der Waals surface area contributed by atoms with E-state index in [0.29, 0.717) is 31.4 Å². The number of ether oxygens (including phenoxy) is 4. The summed E-state index contributed by atoms with van der Waals surface area (Å²) in [6.07, 6.45) is 0.888. The molecule has 0 radical (unpaired) electrons. The molecule has 1 aromatic carbocycles. The van der Waals surface area contributed by atoms with E-state index in [9.17, 15) is 24.6 Å². The van der Waals surface area contributed by atoms with Gasteiger partial charge in [-0.15, -0.1) is 0 Å². The summed E-state index contributed by atoms with van der Waals surface area (Å²) < 4.78 is 24.8. The summed E-state index contributed by atoms with van der Waals surface area (Å²) in [6.45, 7) is 3.08. The van der Waals surface area contributed by atoms with Crippen molar-refractivity contribution < 1.29 is 43.5 Å². The van der Waals surface area contributed by atoms with Gasteiger partial charge in [0.25, 0.3) is 0 Å². The number of methoxy groups -OCH3 is 3. The maximum Gasteiger partial charge on any atom is 0.340 e. The molecule has 43 heavy (non-hydrogen) atoms. The van der Waals surface area contributed by atoms with Gasteiger partial charge in [0.05, 0.1) is 36.1 Å². The highest BCUT2D eigenvalue weighted by Crippen LogP contribution is 2.79. The molecule has 7 rings (SSSR count). The number of carbonyl (C=O) groups excluding carboxylic acids is 3. The average molecular weight is 599 g/mol. The fraction of sp³-hybridized carbons (Fsp3) is 0.719. The third kappa shape index (κ3) is 3.35. The first kappa shape index (κ1) is 29.2.